The Hall–Kier alpha value is -0.883. The van der Waals surface area contributed by atoms with Gasteiger partial charge >= 0.3 is 5.97 Å². The van der Waals surface area contributed by atoms with Crippen LogP contribution in [0.2, 0.25) is 18.1 Å². The van der Waals surface area contributed by atoms with E-state index in [2.05, 4.69) is 39.2 Å². The number of carboxylic acid groups (broad SMARTS) is 1. The van der Waals surface area contributed by atoms with E-state index in [1.807, 2.05) is 6.92 Å². The van der Waals surface area contributed by atoms with Crippen LogP contribution < -0.4 is 5.32 Å². The predicted octanol–water partition coefficient (Wildman–Crippen LogP) is 2.62. The van der Waals surface area contributed by atoms with Gasteiger partial charge < -0.3 is 14.8 Å². The van der Waals surface area contributed by atoms with E-state index in [1.165, 1.54) is 0 Å². The third-order valence-corrected chi connectivity index (χ3v) is 9.65. The topological polar surface area (TPSA) is 75.6 Å². The first-order chi connectivity index (χ1) is 9.22. The zero-order valence-corrected chi connectivity index (χ0v) is 15.4. The molecular formula is C15H29NO4Si. The SMILES string of the molecule is C[C@@H](O[Si](C)(C)C(C)(C)C)[C@H]1C(=O)N[C@H]1C(C)(C)C(=O)O. The van der Waals surface area contributed by atoms with E-state index >= 15 is 0 Å². The highest BCUT2D eigenvalue weighted by atomic mass is 28.4. The van der Waals surface area contributed by atoms with Gasteiger partial charge in [0.1, 0.15) is 0 Å². The van der Waals surface area contributed by atoms with Crippen LogP contribution in [0.1, 0.15) is 41.5 Å². The Bertz CT molecular complexity index is 439. The van der Waals surface area contributed by atoms with Gasteiger partial charge in [-0.05, 0) is 38.9 Å². The number of β-lactam (4-membered cyclic amide) rings is 1. The number of hydrogen-bond acceptors (Lipinski definition) is 3. The van der Waals surface area contributed by atoms with Crippen LogP contribution in [0.3, 0.4) is 0 Å². The largest absolute Gasteiger partial charge is 0.481 e. The van der Waals surface area contributed by atoms with Gasteiger partial charge in [-0.1, -0.05) is 20.8 Å². The Morgan fingerprint density at radius 3 is 2.10 bits per heavy atom. The van der Waals surface area contributed by atoms with E-state index in [0.29, 0.717) is 0 Å². The highest BCUT2D eigenvalue weighted by molar-refractivity contribution is 6.74. The van der Waals surface area contributed by atoms with Gasteiger partial charge in [-0.3, -0.25) is 9.59 Å². The molecule has 122 valence electrons. The molecule has 1 fully saturated rings. The van der Waals surface area contributed by atoms with E-state index in [4.69, 9.17) is 4.43 Å². The minimum Gasteiger partial charge on any atom is -0.481 e. The zero-order chi connectivity index (χ0) is 16.8. The van der Waals surface area contributed by atoms with Gasteiger partial charge in [0.15, 0.2) is 8.32 Å². The average Bonchev–Trinajstić information content (AvgIpc) is 2.22. The van der Waals surface area contributed by atoms with Crippen molar-refractivity contribution in [1.29, 1.82) is 0 Å². The molecule has 0 bridgehead atoms. The molecule has 21 heavy (non-hydrogen) atoms. The summed E-state index contributed by atoms with van der Waals surface area (Å²) in [4.78, 5) is 23.3. The summed E-state index contributed by atoms with van der Waals surface area (Å²) in [7, 11) is -1.99. The minimum atomic E-state index is -1.99. The summed E-state index contributed by atoms with van der Waals surface area (Å²) in [5, 5.41) is 12.1. The molecule has 1 aliphatic rings. The number of carbonyl (C=O) groups is 2. The van der Waals surface area contributed by atoms with Crippen LogP contribution >= 0.6 is 0 Å². The molecule has 0 spiro atoms. The Morgan fingerprint density at radius 2 is 1.76 bits per heavy atom. The van der Waals surface area contributed by atoms with Crippen molar-refractivity contribution in [3.05, 3.63) is 0 Å². The summed E-state index contributed by atoms with van der Waals surface area (Å²) >= 11 is 0. The smallest absolute Gasteiger partial charge is 0.311 e. The van der Waals surface area contributed by atoms with Gasteiger partial charge in [0, 0.05) is 0 Å². The van der Waals surface area contributed by atoms with Crippen LogP contribution in [0.25, 0.3) is 0 Å². The van der Waals surface area contributed by atoms with E-state index in [0.717, 1.165) is 0 Å². The Morgan fingerprint density at radius 1 is 1.29 bits per heavy atom. The van der Waals surface area contributed by atoms with Crippen molar-refractivity contribution in [3.63, 3.8) is 0 Å². The first-order valence-corrected chi connectivity index (χ1v) is 10.3. The summed E-state index contributed by atoms with van der Waals surface area (Å²) in [6.45, 7) is 15.9. The summed E-state index contributed by atoms with van der Waals surface area (Å²) in [6.07, 6.45) is -0.275. The lowest BCUT2D eigenvalue weighted by Crippen LogP contribution is -2.69. The lowest BCUT2D eigenvalue weighted by molar-refractivity contribution is -0.159. The molecule has 0 aromatic rings. The van der Waals surface area contributed by atoms with Crippen LogP contribution in [-0.2, 0) is 14.0 Å². The number of hydrogen-bond donors (Lipinski definition) is 2. The zero-order valence-electron chi connectivity index (χ0n) is 14.4. The van der Waals surface area contributed by atoms with Crippen molar-refractivity contribution < 1.29 is 19.1 Å². The minimum absolute atomic E-state index is 0.0549. The predicted molar refractivity (Wildman–Crippen MR) is 84.6 cm³/mol. The van der Waals surface area contributed by atoms with Crippen molar-refractivity contribution in [2.45, 2.75) is 71.8 Å². The first-order valence-electron chi connectivity index (χ1n) is 7.43. The number of carbonyl (C=O) groups excluding carboxylic acids is 1. The van der Waals surface area contributed by atoms with Gasteiger partial charge in [0.25, 0.3) is 0 Å². The van der Waals surface area contributed by atoms with Crippen LogP contribution in [-0.4, -0.2) is 37.4 Å². The molecule has 1 aliphatic heterocycles. The van der Waals surface area contributed by atoms with Crippen LogP contribution in [0.15, 0.2) is 0 Å². The lowest BCUT2D eigenvalue weighted by atomic mass is 9.70. The standard InChI is InChI=1S/C15H29NO4Si/c1-9(20-21(7,8)14(2,3)4)10-11(16-12(10)17)15(5,6)13(18)19/h9-11H,1-8H3,(H,16,17)(H,18,19)/t9-,10-,11-/m1/s1. The first kappa shape index (κ1) is 18.2. The molecule has 1 heterocycles. The number of aliphatic carboxylic acids is 1. The molecule has 6 heteroatoms. The summed E-state index contributed by atoms with van der Waals surface area (Å²) in [5.41, 5.74) is -0.996. The van der Waals surface area contributed by atoms with Gasteiger partial charge in [-0.25, -0.2) is 0 Å². The molecule has 0 aliphatic carbocycles. The molecule has 0 unspecified atom stereocenters. The fourth-order valence-corrected chi connectivity index (χ4v) is 3.79. The molecule has 2 N–H and O–H groups in total. The van der Waals surface area contributed by atoms with E-state index < -0.39 is 25.6 Å². The Balaban J connectivity index is 2.89. The van der Waals surface area contributed by atoms with Crippen LogP contribution in [0.4, 0.5) is 0 Å². The van der Waals surface area contributed by atoms with E-state index in [9.17, 15) is 14.7 Å². The second kappa shape index (κ2) is 5.39. The Kier molecular flexibility index (Phi) is 4.66. The number of carboxylic acids is 1. The van der Waals surface area contributed by atoms with Crippen molar-refractivity contribution in [2.75, 3.05) is 0 Å². The van der Waals surface area contributed by atoms with Gasteiger partial charge in [0.05, 0.1) is 23.5 Å². The maximum Gasteiger partial charge on any atom is 0.311 e. The highest BCUT2D eigenvalue weighted by Gasteiger charge is 2.55. The molecule has 1 saturated heterocycles. The molecule has 1 amide bonds. The monoisotopic (exact) mass is 315 g/mol. The van der Waals surface area contributed by atoms with Crippen molar-refractivity contribution >= 4 is 20.2 Å². The Labute approximate surface area is 128 Å². The van der Waals surface area contributed by atoms with Gasteiger partial charge in [-0.15, -0.1) is 0 Å². The van der Waals surface area contributed by atoms with Gasteiger partial charge in [0.2, 0.25) is 5.91 Å². The number of amides is 1. The van der Waals surface area contributed by atoms with E-state index in [-0.39, 0.29) is 23.1 Å². The molecule has 0 aromatic carbocycles. The number of rotatable bonds is 5. The second-order valence-corrected chi connectivity index (χ2v) is 12.9. The van der Waals surface area contributed by atoms with Crippen molar-refractivity contribution in [3.8, 4) is 0 Å². The fraction of sp³-hybridized carbons (Fsp3) is 0.867. The van der Waals surface area contributed by atoms with Crippen molar-refractivity contribution in [2.24, 2.45) is 11.3 Å². The number of nitrogens with one attached hydrogen (secondary N) is 1. The fourth-order valence-electron chi connectivity index (χ4n) is 2.36. The molecular weight excluding hydrogens is 286 g/mol. The summed E-state index contributed by atoms with van der Waals surface area (Å²) in [5.74, 6) is -1.41. The normalized spacial score (nSPS) is 25.0. The summed E-state index contributed by atoms with van der Waals surface area (Å²) < 4.78 is 6.27. The van der Waals surface area contributed by atoms with Crippen molar-refractivity contribution in [1.82, 2.24) is 5.32 Å². The molecule has 0 radical (unpaired) electrons. The highest BCUT2D eigenvalue weighted by Crippen LogP contribution is 2.41. The average molecular weight is 315 g/mol. The maximum absolute atomic E-state index is 11.9. The van der Waals surface area contributed by atoms with Gasteiger partial charge in [-0.2, -0.15) is 0 Å². The second-order valence-electron chi connectivity index (χ2n) is 8.12. The third kappa shape index (κ3) is 3.31. The summed E-state index contributed by atoms with van der Waals surface area (Å²) in [6, 6.07) is -0.387. The third-order valence-electron chi connectivity index (χ3n) is 5.08. The maximum atomic E-state index is 11.9. The molecule has 0 aromatic heterocycles. The van der Waals surface area contributed by atoms with Crippen LogP contribution in [0, 0.1) is 11.3 Å². The quantitative estimate of drug-likeness (QED) is 0.604. The lowest BCUT2D eigenvalue weighted by Gasteiger charge is -2.49. The van der Waals surface area contributed by atoms with E-state index in [1.54, 1.807) is 13.8 Å². The molecule has 3 atom stereocenters. The molecule has 0 saturated carbocycles. The van der Waals surface area contributed by atoms with Crippen LogP contribution in [0.5, 0.6) is 0 Å². The molecule has 5 nitrogen and oxygen atoms in total. The molecule has 1 rings (SSSR count).